The van der Waals surface area contributed by atoms with Gasteiger partial charge in [-0.05, 0) is 42.0 Å². The van der Waals surface area contributed by atoms with E-state index in [4.69, 9.17) is 4.98 Å². The number of benzene rings is 2. The number of carbonyl (C=O) groups excluding carboxylic acids is 1. The third kappa shape index (κ3) is 4.83. The van der Waals surface area contributed by atoms with Gasteiger partial charge < -0.3 is 14.8 Å². The molecule has 0 bridgehead atoms. The van der Waals surface area contributed by atoms with Gasteiger partial charge in [-0.1, -0.05) is 68.7 Å². The summed E-state index contributed by atoms with van der Waals surface area (Å²) < 4.78 is 1.98. The molecule has 4 aromatic rings. The van der Waals surface area contributed by atoms with E-state index in [0.717, 1.165) is 42.6 Å². The van der Waals surface area contributed by atoms with E-state index < -0.39 is 5.97 Å². The molecule has 37 heavy (non-hydrogen) atoms. The van der Waals surface area contributed by atoms with Crippen LogP contribution in [0.1, 0.15) is 90.0 Å². The zero-order chi connectivity index (χ0) is 25.9. The molecular weight excluding hydrogens is 468 g/mol. The highest BCUT2D eigenvalue weighted by Crippen LogP contribution is 2.37. The van der Waals surface area contributed by atoms with Crippen molar-refractivity contribution >= 4 is 22.8 Å². The summed E-state index contributed by atoms with van der Waals surface area (Å²) in [6.45, 7) is 2.37. The number of Topliss-reactive ketones (excluding diaryl/α,β-unsaturated/α-hetero) is 1. The number of imidazole rings is 1. The normalized spacial score (nSPS) is 14.2. The SMILES string of the molecule is CCCC(=O)c1nnc(O)c2c1nc(C1CCCCC1)n2Cc1ccc(-c2ccccc2C(=O)O)cc1. The lowest BCUT2D eigenvalue weighted by atomic mass is 9.88. The Balaban J connectivity index is 1.57. The fraction of sp³-hybridized carbons (Fsp3) is 0.345. The second-order valence-corrected chi connectivity index (χ2v) is 9.68. The van der Waals surface area contributed by atoms with Gasteiger partial charge in [-0.15, -0.1) is 10.2 Å². The van der Waals surface area contributed by atoms with Crippen molar-refractivity contribution in [3.05, 3.63) is 71.2 Å². The minimum absolute atomic E-state index is 0.124. The van der Waals surface area contributed by atoms with Crippen LogP contribution in [0, 0.1) is 0 Å². The van der Waals surface area contributed by atoms with Crippen molar-refractivity contribution in [1.29, 1.82) is 0 Å². The minimum Gasteiger partial charge on any atom is -0.491 e. The standard InChI is InChI=1S/C29H30N4O4/c1-2-8-23(34)24-25-26(28(35)32-31-24)33(27(30-25)20-9-4-3-5-10-20)17-18-13-15-19(16-14-18)21-11-6-7-12-22(21)29(36)37/h6-7,11-16,20H,2-5,8-10,17H2,1H3,(H,32,35)(H,36,37). The Hall–Kier alpha value is -4.07. The fourth-order valence-corrected chi connectivity index (χ4v) is 5.31. The van der Waals surface area contributed by atoms with Crippen molar-refractivity contribution in [3.8, 4) is 17.0 Å². The summed E-state index contributed by atoms with van der Waals surface area (Å²) in [6.07, 6.45) is 6.49. The molecular formula is C29H30N4O4. The van der Waals surface area contributed by atoms with E-state index in [0.29, 0.717) is 36.0 Å². The first-order valence-corrected chi connectivity index (χ1v) is 12.9. The highest BCUT2D eigenvalue weighted by Gasteiger charge is 2.27. The molecule has 5 rings (SSSR count). The summed E-state index contributed by atoms with van der Waals surface area (Å²) in [5, 5.41) is 28.3. The number of carboxylic acid groups (broad SMARTS) is 1. The van der Waals surface area contributed by atoms with E-state index in [-0.39, 0.29) is 28.8 Å². The van der Waals surface area contributed by atoms with Crippen LogP contribution >= 0.6 is 0 Å². The van der Waals surface area contributed by atoms with E-state index in [9.17, 15) is 19.8 Å². The van der Waals surface area contributed by atoms with Gasteiger partial charge in [0, 0.05) is 18.9 Å². The number of ketones is 1. The van der Waals surface area contributed by atoms with E-state index in [1.54, 1.807) is 18.2 Å². The van der Waals surface area contributed by atoms with E-state index >= 15 is 0 Å². The van der Waals surface area contributed by atoms with Gasteiger partial charge in [0.2, 0.25) is 0 Å². The molecule has 0 amide bonds. The average molecular weight is 499 g/mol. The lowest BCUT2D eigenvalue weighted by Gasteiger charge is -2.22. The van der Waals surface area contributed by atoms with E-state index in [1.165, 1.54) is 6.42 Å². The van der Waals surface area contributed by atoms with E-state index in [1.807, 2.05) is 41.8 Å². The quantitative estimate of drug-likeness (QED) is 0.287. The number of fused-ring (bicyclic) bond motifs is 1. The summed E-state index contributed by atoms with van der Waals surface area (Å²) in [5.41, 5.74) is 3.75. The molecule has 1 saturated carbocycles. The van der Waals surface area contributed by atoms with Crippen molar-refractivity contribution in [3.63, 3.8) is 0 Å². The molecule has 1 fully saturated rings. The van der Waals surface area contributed by atoms with Crippen molar-refractivity contribution in [2.24, 2.45) is 0 Å². The lowest BCUT2D eigenvalue weighted by molar-refractivity contribution is 0.0697. The Morgan fingerprint density at radius 1 is 1.00 bits per heavy atom. The van der Waals surface area contributed by atoms with Crippen LogP contribution in [-0.2, 0) is 6.54 Å². The van der Waals surface area contributed by atoms with Crippen LogP contribution in [0.25, 0.3) is 22.2 Å². The van der Waals surface area contributed by atoms with Crippen molar-refractivity contribution in [1.82, 2.24) is 19.7 Å². The third-order valence-corrected chi connectivity index (χ3v) is 7.15. The number of hydrogen-bond acceptors (Lipinski definition) is 6. The number of rotatable bonds is 8. The van der Waals surface area contributed by atoms with Gasteiger partial charge in [0.25, 0.3) is 5.88 Å². The van der Waals surface area contributed by atoms with Gasteiger partial charge in [0.05, 0.1) is 5.56 Å². The maximum Gasteiger partial charge on any atom is 0.336 e. The molecule has 8 heteroatoms. The number of carbonyl (C=O) groups is 2. The van der Waals surface area contributed by atoms with Crippen LogP contribution in [0.15, 0.2) is 48.5 Å². The van der Waals surface area contributed by atoms with Gasteiger partial charge in [-0.25, -0.2) is 9.78 Å². The van der Waals surface area contributed by atoms with Crippen LogP contribution in [0.4, 0.5) is 0 Å². The molecule has 2 heterocycles. The summed E-state index contributed by atoms with van der Waals surface area (Å²) in [4.78, 5) is 29.4. The molecule has 0 unspecified atom stereocenters. The Bertz CT molecular complexity index is 1450. The zero-order valence-electron chi connectivity index (χ0n) is 20.9. The molecule has 2 aromatic carbocycles. The maximum atomic E-state index is 12.8. The molecule has 1 aliphatic rings. The monoisotopic (exact) mass is 498 g/mol. The van der Waals surface area contributed by atoms with Crippen molar-refractivity contribution in [2.45, 2.75) is 64.3 Å². The van der Waals surface area contributed by atoms with Gasteiger partial charge in [-0.2, -0.15) is 0 Å². The number of carboxylic acids is 1. The number of hydrogen-bond donors (Lipinski definition) is 2. The van der Waals surface area contributed by atoms with Gasteiger partial charge in [0.15, 0.2) is 11.5 Å². The molecule has 190 valence electrons. The fourth-order valence-electron chi connectivity index (χ4n) is 5.31. The van der Waals surface area contributed by atoms with Crippen LogP contribution in [-0.4, -0.2) is 41.7 Å². The molecule has 8 nitrogen and oxygen atoms in total. The number of aromatic nitrogens is 4. The highest BCUT2D eigenvalue weighted by atomic mass is 16.4. The Morgan fingerprint density at radius 3 is 2.43 bits per heavy atom. The first-order chi connectivity index (χ1) is 18.0. The predicted octanol–water partition coefficient (Wildman–Crippen LogP) is 5.98. The Labute approximate surface area is 215 Å². The minimum atomic E-state index is -0.966. The first-order valence-electron chi connectivity index (χ1n) is 12.9. The molecule has 2 aromatic heterocycles. The van der Waals surface area contributed by atoms with Crippen LogP contribution in [0.2, 0.25) is 0 Å². The predicted molar refractivity (Wildman–Crippen MR) is 140 cm³/mol. The van der Waals surface area contributed by atoms with Crippen molar-refractivity contribution < 1.29 is 19.8 Å². The Morgan fingerprint density at radius 2 is 1.73 bits per heavy atom. The van der Waals surface area contributed by atoms with E-state index in [2.05, 4.69) is 10.2 Å². The smallest absolute Gasteiger partial charge is 0.336 e. The molecule has 0 radical (unpaired) electrons. The largest absolute Gasteiger partial charge is 0.491 e. The second kappa shape index (κ2) is 10.5. The summed E-state index contributed by atoms with van der Waals surface area (Å²) in [6, 6.07) is 14.7. The first kappa shape index (κ1) is 24.6. The third-order valence-electron chi connectivity index (χ3n) is 7.15. The van der Waals surface area contributed by atoms with Gasteiger partial charge >= 0.3 is 5.97 Å². The molecule has 0 saturated heterocycles. The molecule has 1 aliphatic carbocycles. The van der Waals surface area contributed by atoms with Crippen LogP contribution in [0.3, 0.4) is 0 Å². The second-order valence-electron chi connectivity index (χ2n) is 9.68. The molecule has 2 N–H and O–H groups in total. The summed E-state index contributed by atoms with van der Waals surface area (Å²) in [5.74, 6) is -0.236. The summed E-state index contributed by atoms with van der Waals surface area (Å²) >= 11 is 0. The Kier molecular flexibility index (Phi) is 6.99. The average Bonchev–Trinajstić information content (AvgIpc) is 3.30. The highest BCUT2D eigenvalue weighted by molar-refractivity contribution is 6.05. The van der Waals surface area contributed by atoms with Crippen LogP contribution in [0.5, 0.6) is 5.88 Å². The summed E-state index contributed by atoms with van der Waals surface area (Å²) in [7, 11) is 0. The van der Waals surface area contributed by atoms with Crippen molar-refractivity contribution in [2.75, 3.05) is 0 Å². The number of aromatic carboxylic acids is 1. The molecule has 0 atom stereocenters. The molecule has 0 spiro atoms. The van der Waals surface area contributed by atoms with Gasteiger partial charge in [-0.3, -0.25) is 4.79 Å². The topological polar surface area (TPSA) is 118 Å². The molecule has 0 aliphatic heterocycles. The van der Waals surface area contributed by atoms with Crippen LogP contribution < -0.4 is 0 Å². The number of aromatic hydroxyl groups is 1. The maximum absolute atomic E-state index is 12.8. The number of nitrogens with zero attached hydrogens (tertiary/aromatic N) is 4. The lowest BCUT2D eigenvalue weighted by Crippen LogP contribution is -2.13. The zero-order valence-corrected chi connectivity index (χ0v) is 20.9. The van der Waals surface area contributed by atoms with Gasteiger partial charge in [0.1, 0.15) is 16.9 Å².